The van der Waals surface area contributed by atoms with E-state index in [1.54, 1.807) is 25.4 Å². The van der Waals surface area contributed by atoms with Crippen molar-refractivity contribution in [2.75, 3.05) is 20.3 Å². The van der Waals surface area contributed by atoms with Crippen molar-refractivity contribution in [3.63, 3.8) is 0 Å². The molecule has 5 heteroatoms. The first-order valence-electron chi connectivity index (χ1n) is 7.12. The van der Waals surface area contributed by atoms with Crippen LogP contribution in [-0.4, -0.2) is 42.1 Å². The molecule has 1 amide bonds. The maximum absolute atomic E-state index is 12.7. The van der Waals surface area contributed by atoms with Crippen LogP contribution in [0.1, 0.15) is 42.7 Å². The van der Waals surface area contributed by atoms with Crippen LogP contribution >= 0.6 is 0 Å². The summed E-state index contributed by atoms with van der Waals surface area (Å²) in [6, 6.07) is 3.74. The topological polar surface area (TPSA) is 68.5 Å². The second-order valence-electron chi connectivity index (χ2n) is 4.70. The lowest BCUT2D eigenvalue weighted by atomic mass is 10.1. The van der Waals surface area contributed by atoms with Crippen LogP contribution in [0.4, 0.5) is 0 Å². The highest BCUT2D eigenvalue weighted by atomic mass is 16.5. The van der Waals surface area contributed by atoms with Gasteiger partial charge in [-0.15, -0.1) is 0 Å². The average Bonchev–Trinajstić information content (AvgIpc) is 2.50. The molecule has 20 heavy (non-hydrogen) atoms. The first-order chi connectivity index (χ1) is 9.67. The fraction of sp³-hybridized carbons (Fsp3) is 0.600. The molecule has 0 saturated heterocycles. The van der Waals surface area contributed by atoms with Crippen molar-refractivity contribution in [1.82, 2.24) is 9.88 Å². The fourth-order valence-corrected chi connectivity index (χ4v) is 2.26. The lowest BCUT2D eigenvalue weighted by Crippen LogP contribution is -2.41. The van der Waals surface area contributed by atoms with E-state index in [1.807, 2.05) is 4.90 Å². The maximum Gasteiger partial charge on any atom is 0.254 e. The molecule has 0 aliphatic rings. The Labute approximate surface area is 121 Å². The number of carbonyl (C=O) groups excluding carboxylic acids is 1. The summed E-state index contributed by atoms with van der Waals surface area (Å²) in [7, 11) is 1.65. The predicted molar refractivity (Wildman–Crippen MR) is 79.4 cm³/mol. The number of hydrogen-bond acceptors (Lipinski definition) is 4. The van der Waals surface area contributed by atoms with Gasteiger partial charge in [-0.05, 0) is 25.0 Å². The smallest absolute Gasteiger partial charge is 0.254 e. The van der Waals surface area contributed by atoms with Crippen LogP contribution in [0.15, 0.2) is 18.3 Å². The van der Waals surface area contributed by atoms with Gasteiger partial charge < -0.3 is 15.4 Å². The zero-order valence-electron chi connectivity index (χ0n) is 12.6. The molecule has 0 aliphatic carbocycles. The molecule has 0 aromatic carbocycles. The molecule has 0 aliphatic heterocycles. The van der Waals surface area contributed by atoms with Gasteiger partial charge in [-0.1, -0.05) is 13.8 Å². The van der Waals surface area contributed by atoms with Gasteiger partial charge in [0.25, 0.3) is 5.91 Å². The Kier molecular flexibility index (Phi) is 7.18. The molecule has 0 bridgehead atoms. The van der Waals surface area contributed by atoms with Crippen molar-refractivity contribution in [2.45, 2.75) is 39.3 Å². The Morgan fingerprint density at radius 2 is 2.15 bits per heavy atom. The van der Waals surface area contributed by atoms with E-state index in [4.69, 9.17) is 10.5 Å². The maximum atomic E-state index is 12.7. The third-order valence-electron chi connectivity index (χ3n) is 3.45. The van der Waals surface area contributed by atoms with E-state index in [1.165, 1.54) is 0 Å². The third-order valence-corrected chi connectivity index (χ3v) is 3.45. The summed E-state index contributed by atoms with van der Waals surface area (Å²) < 4.78 is 5.12. The van der Waals surface area contributed by atoms with Crippen molar-refractivity contribution in [3.8, 4) is 0 Å². The zero-order chi connectivity index (χ0) is 15.0. The van der Waals surface area contributed by atoms with Crippen molar-refractivity contribution in [1.29, 1.82) is 0 Å². The third kappa shape index (κ3) is 4.28. The van der Waals surface area contributed by atoms with Gasteiger partial charge in [0, 0.05) is 38.0 Å². The van der Waals surface area contributed by atoms with Crippen LogP contribution in [0.5, 0.6) is 0 Å². The minimum absolute atomic E-state index is 0.0212. The number of nitrogens with two attached hydrogens (primary N) is 1. The van der Waals surface area contributed by atoms with E-state index < -0.39 is 0 Å². The van der Waals surface area contributed by atoms with Crippen LogP contribution in [0.25, 0.3) is 0 Å². The highest BCUT2D eigenvalue weighted by Crippen LogP contribution is 2.14. The Morgan fingerprint density at radius 1 is 1.45 bits per heavy atom. The minimum Gasteiger partial charge on any atom is -0.383 e. The quantitative estimate of drug-likeness (QED) is 0.788. The fourth-order valence-electron chi connectivity index (χ4n) is 2.26. The molecule has 0 unspecified atom stereocenters. The average molecular weight is 279 g/mol. The molecule has 2 N–H and O–H groups in total. The molecule has 1 heterocycles. The van der Waals surface area contributed by atoms with Gasteiger partial charge in [0.05, 0.1) is 12.3 Å². The molecule has 0 atom stereocenters. The first kappa shape index (κ1) is 16.6. The van der Waals surface area contributed by atoms with E-state index in [-0.39, 0.29) is 11.9 Å². The summed E-state index contributed by atoms with van der Waals surface area (Å²) in [6.07, 6.45) is 3.50. The van der Waals surface area contributed by atoms with Crippen LogP contribution in [-0.2, 0) is 11.3 Å². The molecule has 0 radical (unpaired) electrons. The summed E-state index contributed by atoms with van der Waals surface area (Å²) >= 11 is 0. The Morgan fingerprint density at radius 3 is 2.70 bits per heavy atom. The van der Waals surface area contributed by atoms with Gasteiger partial charge >= 0.3 is 0 Å². The van der Waals surface area contributed by atoms with E-state index >= 15 is 0 Å². The lowest BCUT2D eigenvalue weighted by molar-refractivity contribution is 0.0589. The second-order valence-corrected chi connectivity index (χ2v) is 4.70. The minimum atomic E-state index is 0.0212. The summed E-state index contributed by atoms with van der Waals surface area (Å²) in [5, 5.41) is 0. The normalized spacial score (nSPS) is 10.8. The van der Waals surface area contributed by atoms with Gasteiger partial charge in [0.15, 0.2) is 0 Å². The second kappa shape index (κ2) is 8.66. The molecule has 0 fully saturated rings. The Balaban J connectivity index is 2.95. The van der Waals surface area contributed by atoms with Gasteiger partial charge in [-0.2, -0.15) is 0 Å². The summed E-state index contributed by atoms with van der Waals surface area (Å²) in [6.45, 7) is 5.67. The van der Waals surface area contributed by atoms with Crippen molar-refractivity contribution < 1.29 is 9.53 Å². The van der Waals surface area contributed by atoms with E-state index in [0.717, 1.165) is 18.5 Å². The summed E-state index contributed by atoms with van der Waals surface area (Å²) in [5.74, 6) is 0.0212. The molecule has 1 rings (SSSR count). The lowest BCUT2D eigenvalue weighted by Gasteiger charge is -2.30. The van der Waals surface area contributed by atoms with Crippen molar-refractivity contribution in [2.24, 2.45) is 5.73 Å². The molecular weight excluding hydrogens is 254 g/mol. The highest BCUT2D eigenvalue weighted by Gasteiger charge is 2.22. The highest BCUT2D eigenvalue weighted by molar-refractivity contribution is 5.94. The van der Waals surface area contributed by atoms with Crippen LogP contribution < -0.4 is 5.73 Å². The zero-order valence-corrected chi connectivity index (χ0v) is 12.6. The number of pyridine rings is 1. The van der Waals surface area contributed by atoms with Gasteiger partial charge in [-0.25, -0.2) is 0 Å². The molecule has 0 spiro atoms. The van der Waals surface area contributed by atoms with Gasteiger partial charge in [0.1, 0.15) is 0 Å². The molecule has 1 aromatic rings. The summed E-state index contributed by atoms with van der Waals surface area (Å²) in [5.41, 5.74) is 6.95. The number of methoxy groups -OCH3 is 1. The predicted octanol–water partition coefficient (Wildman–Crippen LogP) is 1.82. The molecule has 0 saturated carbocycles. The first-order valence-corrected chi connectivity index (χ1v) is 7.12. The molecule has 5 nitrogen and oxygen atoms in total. The van der Waals surface area contributed by atoms with E-state index in [9.17, 15) is 4.79 Å². The number of carbonyl (C=O) groups is 1. The number of nitrogens with zero attached hydrogens (tertiary/aromatic N) is 2. The Hall–Kier alpha value is -1.46. The van der Waals surface area contributed by atoms with Gasteiger partial charge in [0.2, 0.25) is 0 Å². The summed E-state index contributed by atoms with van der Waals surface area (Å²) in [4.78, 5) is 18.7. The number of ether oxygens (including phenoxy) is 1. The molecular formula is C15H25N3O2. The number of hydrogen-bond donors (Lipinski definition) is 1. The van der Waals surface area contributed by atoms with E-state index in [2.05, 4.69) is 18.8 Å². The molecule has 112 valence electrons. The molecule has 1 aromatic heterocycles. The SMILES string of the molecule is CCC(CC)N(CCOC)C(=O)c1ccnc(CN)c1. The largest absolute Gasteiger partial charge is 0.383 e. The monoisotopic (exact) mass is 279 g/mol. The van der Waals surface area contributed by atoms with Gasteiger partial charge in [-0.3, -0.25) is 9.78 Å². The van der Waals surface area contributed by atoms with Crippen LogP contribution in [0, 0.1) is 0 Å². The Bertz CT molecular complexity index is 419. The number of aromatic nitrogens is 1. The van der Waals surface area contributed by atoms with Crippen molar-refractivity contribution >= 4 is 5.91 Å². The number of amides is 1. The standard InChI is InChI=1S/C15H25N3O2/c1-4-14(5-2)18(8-9-20-3)15(19)12-6-7-17-13(10-12)11-16/h6-7,10,14H,4-5,8-9,11,16H2,1-3H3. The van der Waals surface area contributed by atoms with Crippen LogP contribution in [0.3, 0.4) is 0 Å². The van der Waals surface area contributed by atoms with E-state index in [0.29, 0.717) is 25.3 Å². The van der Waals surface area contributed by atoms with Crippen LogP contribution in [0.2, 0.25) is 0 Å². The van der Waals surface area contributed by atoms with Crippen molar-refractivity contribution in [3.05, 3.63) is 29.6 Å². The number of rotatable bonds is 8.